The molecule has 42 heavy (non-hydrogen) atoms. The van der Waals surface area contributed by atoms with Crippen molar-refractivity contribution in [2.75, 3.05) is 11.4 Å². The smallest absolute Gasteiger partial charge is 0.313 e. The molecule has 0 bridgehead atoms. The number of alkyl halides is 3. The third-order valence-electron chi connectivity index (χ3n) is 7.58. The Balaban J connectivity index is 1.45. The Morgan fingerprint density at radius 2 is 1.76 bits per heavy atom. The van der Waals surface area contributed by atoms with Gasteiger partial charge >= 0.3 is 12.2 Å². The van der Waals surface area contributed by atoms with E-state index in [1.54, 1.807) is 16.4 Å². The molecule has 2 heterocycles. The summed E-state index contributed by atoms with van der Waals surface area (Å²) in [6, 6.07) is 4.34. The van der Waals surface area contributed by atoms with E-state index in [2.05, 4.69) is 16.9 Å². The summed E-state index contributed by atoms with van der Waals surface area (Å²) in [4.78, 5) is 27.1. The zero-order valence-electron chi connectivity index (χ0n) is 24.1. The SMILES string of the molecule is C=C1N(c2ccc(C#N)c(C(F)(F)F)c2)C(=O)N(CCCCc2cn(CCCCCCCCC(=O)NO)nn2)C1(C)C. The van der Waals surface area contributed by atoms with E-state index in [9.17, 15) is 22.8 Å². The number of nitrogens with one attached hydrogen (secondary N) is 1. The van der Waals surface area contributed by atoms with Crippen LogP contribution in [0.25, 0.3) is 0 Å². The number of unbranched alkanes of at least 4 members (excludes halogenated alkanes) is 6. The minimum atomic E-state index is -4.73. The number of halogens is 3. The van der Waals surface area contributed by atoms with Gasteiger partial charge in [0.15, 0.2) is 0 Å². The third-order valence-corrected chi connectivity index (χ3v) is 7.58. The van der Waals surface area contributed by atoms with Crippen molar-refractivity contribution < 1.29 is 28.0 Å². The number of hydroxylamine groups is 1. The van der Waals surface area contributed by atoms with Gasteiger partial charge in [0, 0.05) is 31.4 Å². The van der Waals surface area contributed by atoms with Gasteiger partial charge in [-0.3, -0.25) is 19.6 Å². The molecule has 10 nitrogen and oxygen atoms in total. The average molecular weight is 590 g/mol. The maximum Gasteiger partial charge on any atom is 0.417 e. The van der Waals surface area contributed by atoms with Crippen molar-refractivity contribution in [1.82, 2.24) is 25.4 Å². The Bertz CT molecular complexity index is 1300. The highest BCUT2D eigenvalue weighted by molar-refractivity contribution is 6.00. The van der Waals surface area contributed by atoms with Gasteiger partial charge in [0.25, 0.3) is 0 Å². The van der Waals surface area contributed by atoms with Gasteiger partial charge in [-0.05, 0) is 64.2 Å². The molecule has 3 amide bonds. The summed E-state index contributed by atoms with van der Waals surface area (Å²) in [6.07, 6.45) is 5.42. The molecule has 0 spiro atoms. The lowest BCUT2D eigenvalue weighted by molar-refractivity contribution is -0.137. The summed E-state index contributed by atoms with van der Waals surface area (Å²) in [7, 11) is 0. The number of rotatable bonds is 15. The number of aromatic nitrogens is 3. The van der Waals surface area contributed by atoms with Crippen LogP contribution in [0.15, 0.2) is 36.7 Å². The van der Waals surface area contributed by atoms with E-state index >= 15 is 0 Å². The van der Waals surface area contributed by atoms with Crippen LogP contribution in [0, 0.1) is 11.3 Å². The predicted molar refractivity (Wildman–Crippen MR) is 149 cm³/mol. The molecule has 0 radical (unpaired) electrons. The van der Waals surface area contributed by atoms with Crippen LogP contribution in [0.2, 0.25) is 0 Å². The maximum atomic E-state index is 13.5. The van der Waals surface area contributed by atoms with Crippen LogP contribution in [-0.2, 0) is 23.9 Å². The fraction of sp³-hybridized carbons (Fsp3) is 0.552. The van der Waals surface area contributed by atoms with Gasteiger partial charge in [-0.15, -0.1) is 5.10 Å². The molecular weight excluding hydrogens is 551 g/mol. The molecule has 13 heteroatoms. The molecular formula is C29H38F3N7O3. The number of carbonyl (C=O) groups is 2. The van der Waals surface area contributed by atoms with Crippen molar-refractivity contribution in [3.05, 3.63) is 53.5 Å². The predicted octanol–water partition coefficient (Wildman–Crippen LogP) is 5.96. The van der Waals surface area contributed by atoms with Gasteiger partial charge in [0.05, 0.1) is 34.1 Å². The normalized spacial score (nSPS) is 14.9. The van der Waals surface area contributed by atoms with Crippen LogP contribution in [0.5, 0.6) is 0 Å². The highest BCUT2D eigenvalue weighted by atomic mass is 19.4. The first kappa shape index (κ1) is 32.6. The molecule has 1 saturated heterocycles. The molecule has 0 aliphatic carbocycles. The first-order chi connectivity index (χ1) is 19.9. The molecule has 0 saturated carbocycles. The molecule has 2 N–H and O–H groups in total. The quantitative estimate of drug-likeness (QED) is 0.150. The molecule has 1 aliphatic rings. The molecule has 1 aliphatic heterocycles. The zero-order valence-corrected chi connectivity index (χ0v) is 24.1. The third kappa shape index (κ3) is 8.09. The highest BCUT2D eigenvalue weighted by Crippen LogP contribution is 2.41. The van der Waals surface area contributed by atoms with Crippen molar-refractivity contribution >= 4 is 17.6 Å². The lowest BCUT2D eigenvalue weighted by Crippen LogP contribution is -2.42. The van der Waals surface area contributed by atoms with Crippen LogP contribution in [0.4, 0.5) is 23.7 Å². The van der Waals surface area contributed by atoms with Crippen molar-refractivity contribution in [2.45, 2.75) is 96.3 Å². The Kier molecular flexibility index (Phi) is 11.1. The van der Waals surface area contributed by atoms with Crippen molar-refractivity contribution in [3.63, 3.8) is 0 Å². The second-order valence-electron chi connectivity index (χ2n) is 11.0. The topological polar surface area (TPSA) is 127 Å². The largest absolute Gasteiger partial charge is 0.417 e. The zero-order chi connectivity index (χ0) is 30.9. The molecule has 0 atom stereocenters. The number of urea groups is 1. The standard InChI is InChI=1S/C29H38F3N7O3/c1-21-28(2,3)38(27(41)39(21)24-15-14-22(19-33)25(18-24)29(30,31)32)17-11-9-12-23-20-37(36-34-23)16-10-7-5-4-6-8-13-26(40)35-42/h14-15,18,20,42H,1,4-13,16-17H2,2-3H3,(H,35,40). The number of amides is 3. The van der Waals surface area contributed by atoms with Gasteiger partial charge < -0.3 is 4.90 Å². The molecule has 0 unspecified atom stereocenters. The number of nitrogens with zero attached hydrogens (tertiary/aromatic N) is 6. The Morgan fingerprint density at radius 3 is 2.43 bits per heavy atom. The molecule has 228 valence electrons. The number of hydrogen-bond donors (Lipinski definition) is 2. The lowest BCUT2D eigenvalue weighted by atomic mass is 10.00. The Hall–Kier alpha value is -3.92. The van der Waals surface area contributed by atoms with Crippen LogP contribution >= 0.6 is 0 Å². The minimum Gasteiger partial charge on any atom is -0.313 e. The van der Waals surface area contributed by atoms with E-state index in [-0.39, 0.29) is 11.6 Å². The first-order valence-electron chi connectivity index (χ1n) is 14.1. The number of anilines is 1. The van der Waals surface area contributed by atoms with E-state index in [0.717, 1.165) is 69.3 Å². The minimum absolute atomic E-state index is 0.0237. The first-order valence-corrected chi connectivity index (χ1v) is 14.1. The van der Waals surface area contributed by atoms with Crippen molar-refractivity contribution in [1.29, 1.82) is 5.26 Å². The number of benzene rings is 1. The summed E-state index contributed by atoms with van der Waals surface area (Å²) in [6.45, 7) is 8.78. The summed E-state index contributed by atoms with van der Waals surface area (Å²) < 4.78 is 42.4. The highest BCUT2D eigenvalue weighted by Gasteiger charge is 2.47. The molecule has 1 aromatic carbocycles. The fourth-order valence-corrected chi connectivity index (χ4v) is 5.01. The van der Waals surface area contributed by atoms with Gasteiger partial charge in [0.2, 0.25) is 5.91 Å². The van der Waals surface area contributed by atoms with E-state index in [1.807, 2.05) is 24.7 Å². The van der Waals surface area contributed by atoms with E-state index < -0.39 is 28.9 Å². The average Bonchev–Trinajstić information content (AvgIpc) is 3.46. The van der Waals surface area contributed by atoms with Crippen molar-refractivity contribution in [3.8, 4) is 6.07 Å². The van der Waals surface area contributed by atoms with Gasteiger partial charge in [-0.1, -0.05) is 37.5 Å². The molecule has 1 fully saturated rings. The lowest BCUT2D eigenvalue weighted by Gasteiger charge is -2.30. The van der Waals surface area contributed by atoms with Crippen LogP contribution in [0.1, 0.15) is 88.5 Å². The van der Waals surface area contributed by atoms with Crippen LogP contribution < -0.4 is 10.4 Å². The Morgan fingerprint density at radius 1 is 1.10 bits per heavy atom. The Labute approximate surface area is 243 Å². The molecule has 2 aromatic rings. The number of aryl methyl sites for hydroxylation is 2. The summed E-state index contributed by atoms with van der Waals surface area (Å²) in [5.41, 5.74) is 0.479. The second-order valence-corrected chi connectivity index (χ2v) is 11.0. The van der Waals surface area contributed by atoms with Gasteiger partial charge in [-0.2, -0.15) is 18.4 Å². The number of hydrogen-bond acceptors (Lipinski definition) is 6. The van der Waals surface area contributed by atoms with Crippen LogP contribution in [0.3, 0.4) is 0 Å². The summed E-state index contributed by atoms with van der Waals surface area (Å²) in [5.74, 6) is -0.353. The summed E-state index contributed by atoms with van der Waals surface area (Å²) in [5, 5.41) is 26.0. The van der Waals surface area contributed by atoms with Gasteiger partial charge in [0.1, 0.15) is 0 Å². The van der Waals surface area contributed by atoms with E-state index in [4.69, 9.17) is 10.5 Å². The van der Waals surface area contributed by atoms with Gasteiger partial charge in [-0.25, -0.2) is 10.3 Å². The second kappa shape index (κ2) is 14.3. The fourth-order valence-electron chi connectivity index (χ4n) is 5.01. The van der Waals surface area contributed by atoms with Crippen LogP contribution in [-0.4, -0.2) is 49.1 Å². The van der Waals surface area contributed by atoms with E-state index in [1.165, 1.54) is 11.0 Å². The van der Waals surface area contributed by atoms with Crippen molar-refractivity contribution in [2.24, 2.45) is 0 Å². The molecule has 1 aromatic heterocycles. The summed E-state index contributed by atoms with van der Waals surface area (Å²) >= 11 is 0. The number of carbonyl (C=O) groups excluding carboxylic acids is 2. The number of nitriles is 1. The van der Waals surface area contributed by atoms with E-state index in [0.29, 0.717) is 31.5 Å². The molecule has 3 rings (SSSR count). The maximum absolute atomic E-state index is 13.5. The monoisotopic (exact) mass is 589 g/mol.